The van der Waals surface area contributed by atoms with Gasteiger partial charge in [-0.2, -0.15) is 11.8 Å². The summed E-state index contributed by atoms with van der Waals surface area (Å²) in [5.41, 5.74) is 5.53. The highest BCUT2D eigenvalue weighted by atomic mass is 32.2. The van der Waals surface area contributed by atoms with Crippen LogP contribution >= 0.6 is 11.8 Å². The van der Waals surface area contributed by atoms with Crippen molar-refractivity contribution in [2.75, 3.05) is 49.2 Å². The molecule has 0 aromatic carbocycles. The first-order valence-electron chi connectivity index (χ1n) is 19.7. The lowest BCUT2D eigenvalue weighted by atomic mass is 9.33. The molecular formula is C41H68N2OS2. The normalized spacial score (nSPS) is 46.0. The van der Waals surface area contributed by atoms with Gasteiger partial charge in [0.25, 0.3) is 0 Å². The van der Waals surface area contributed by atoms with E-state index in [-0.39, 0.29) is 0 Å². The Kier molecular flexibility index (Phi) is 9.63. The molecule has 5 heteroatoms. The van der Waals surface area contributed by atoms with E-state index >= 15 is 0 Å². The maximum absolute atomic E-state index is 11.7. The lowest BCUT2D eigenvalue weighted by Gasteiger charge is -2.72. The quantitative estimate of drug-likeness (QED) is 0.262. The van der Waals surface area contributed by atoms with Gasteiger partial charge in [-0.1, -0.05) is 60.1 Å². The van der Waals surface area contributed by atoms with Crippen LogP contribution in [-0.4, -0.2) is 63.8 Å². The molecule has 46 heavy (non-hydrogen) atoms. The first-order valence-corrected chi connectivity index (χ1v) is 22.4. The molecule has 0 amide bonds. The van der Waals surface area contributed by atoms with E-state index in [9.17, 15) is 4.21 Å². The van der Waals surface area contributed by atoms with Gasteiger partial charge >= 0.3 is 0 Å². The second kappa shape index (κ2) is 12.9. The molecule has 1 saturated heterocycles. The van der Waals surface area contributed by atoms with Crippen molar-refractivity contribution < 1.29 is 4.21 Å². The third-order valence-corrected chi connectivity index (χ3v) is 18.7. The zero-order chi connectivity index (χ0) is 32.4. The molecule has 9 atom stereocenters. The number of nitrogens with one attached hydrogen (secondary N) is 1. The lowest BCUT2D eigenvalue weighted by molar-refractivity contribution is -0.218. The number of rotatable bonds is 8. The average Bonchev–Trinajstić information content (AvgIpc) is 3.45. The summed E-state index contributed by atoms with van der Waals surface area (Å²) in [5, 5.41) is 4.29. The average molecular weight is 669 g/mol. The van der Waals surface area contributed by atoms with Gasteiger partial charge in [0.1, 0.15) is 0 Å². The number of hydrogen-bond acceptors (Lipinski definition) is 4. The van der Waals surface area contributed by atoms with E-state index in [1.165, 1.54) is 108 Å². The van der Waals surface area contributed by atoms with Gasteiger partial charge in [0.05, 0.1) is 0 Å². The van der Waals surface area contributed by atoms with Crippen molar-refractivity contribution in [2.24, 2.45) is 51.2 Å². The van der Waals surface area contributed by atoms with E-state index in [4.69, 9.17) is 0 Å². The van der Waals surface area contributed by atoms with Crippen LogP contribution in [0.1, 0.15) is 125 Å². The van der Waals surface area contributed by atoms with Gasteiger partial charge in [-0.15, -0.1) is 0 Å². The van der Waals surface area contributed by atoms with E-state index in [1.807, 2.05) is 0 Å². The van der Waals surface area contributed by atoms with Gasteiger partial charge in [-0.05, 0) is 139 Å². The van der Waals surface area contributed by atoms with Crippen LogP contribution in [0.15, 0.2) is 23.3 Å². The molecule has 1 heterocycles. The Morgan fingerprint density at radius 3 is 2.43 bits per heavy atom. The van der Waals surface area contributed by atoms with Crippen LogP contribution in [0.4, 0.5) is 0 Å². The summed E-state index contributed by atoms with van der Waals surface area (Å²) in [5.74, 6) is 8.51. The van der Waals surface area contributed by atoms with Crippen LogP contribution in [0.5, 0.6) is 0 Å². The van der Waals surface area contributed by atoms with E-state index < -0.39 is 10.8 Å². The zero-order valence-electron chi connectivity index (χ0n) is 30.6. The highest BCUT2D eigenvalue weighted by Crippen LogP contribution is 2.76. The molecule has 1 N–H and O–H groups in total. The summed E-state index contributed by atoms with van der Waals surface area (Å²) in [6.45, 7) is 20.5. The van der Waals surface area contributed by atoms with Crippen LogP contribution in [0.25, 0.3) is 0 Å². The molecule has 1 aliphatic heterocycles. The monoisotopic (exact) mass is 668 g/mol. The third kappa shape index (κ3) is 5.62. The standard InChI is InChI=1S/C41H68N2OS2/c1-30-9-11-31(12-10-30)32-15-18-38(4)35(37(32,2)3)16-19-40(6)36(38)14-13-33-34-8-7-17-41(34,21-20-39(33,40)5)42-22-26-45-27-23-43-24-28-46(44)29-25-43/h11,15,30,33-36,42H,7-10,12-14,16-29H2,1-6H3/t30?,33?,34?,35?,36?,38?,39-,40?,41?/m1/s1. The number of thioether (sulfide) groups is 1. The fraction of sp³-hybridized carbons (Fsp3) is 0.902. The summed E-state index contributed by atoms with van der Waals surface area (Å²) in [7, 11) is -0.562. The lowest BCUT2D eigenvalue weighted by Crippen LogP contribution is -2.67. The van der Waals surface area contributed by atoms with Crippen molar-refractivity contribution in [3.05, 3.63) is 23.3 Å². The number of hydrogen-bond donors (Lipinski definition) is 1. The molecule has 0 bridgehead atoms. The van der Waals surface area contributed by atoms with Crippen LogP contribution in [0.3, 0.4) is 0 Å². The van der Waals surface area contributed by atoms with Gasteiger partial charge in [-0.25, -0.2) is 0 Å². The molecule has 4 saturated carbocycles. The zero-order valence-corrected chi connectivity index (χ0v) is 32.2. The van der Waals surface area contributed by atoms with E-state index in [2.05, 4.69) is 75.7 Å². The highest BCUT2D eigenvalue weighted by molar-refractivity contribution is 7.99. The summed E-state index contributed by atoms with van der Waals surface area (Å²) in [6, 6.07) is 0. The molecule has 5 fully saturated rings. The minimum absolute atomic E-state index is 0.293. The molecule has 7 aliphatic rings. The molecule has 8 unspecified atom stereocenters. The molecular weight excluding hydrogens is 601 g/mol. The van der Waals surface area contributed by atoms with Crippen molar-refractivity contribution in [3.8, 4) is 0 Å². The van der Waals surface area contributed by atoms with Crippen LogP contribution < -0.4 is 5.32 Å². The fourth-order valence-electron chi connectivity index (χ4n) is 13.8. The minimum Gasteiger partial charge on any atom is -0.310 e. The number of nitrogens with zero attached hydrogens (tertiary/aromatic N) is 1. The fourth-order valence-corrected chi connectivity index (χ4v) is 15.8. The Morgan fingerprint density at radius 2 is 1.67 bits per heavy atom. The number of allylic oxidation sites excluding steroid dienone is 4. The van der Waals surface area contributed by atoms with Crippen molar-refractivity contribution in [1.82, 2.24) is 10.2 Å². The maximum Gasteiger partial charge on any atom is 0.0363 e. The maximum atomic E-state index is 11.7. The second-order valence-electron chi connectivity index (χ2n) is 18.7. The van der Waals surface area contributed by atoms with E-state index in [0.29, 0.717) is 27.2 Å². The SMILES string of the molecule is CC1CC=C(C2=CCC3(C)C(CCC4(C)C3CCC3C5CCCC5(NCCSCCN5CCS(=O)CC5)CC[C@]34C)C2(C)C)CC1. The molecule has 0 aromatic heterocycles. The predicted octanol–water partition coefficient (Wildman–Crippen LogP) is 9.26. The second-order valence-corrected chi connectivity index (χ2v) is 21.6. The smallest absolute Gasteiger partial charge is 0.0363 e. The first kappa shape index (κ1) is 34.4. The molecule has 0 spiro atoms. The molecule has 0 radical (unpaired) electrons. The van der Waals surface area contributed by atoms with Gasteiger partial charge < -0.3 is 10.2 Å². The Hall–Kier alpha value is -0.100. The summed E-state index contributed by atoms with van der Waals surface area (Å²) in [4.78, 5) is 2.53. The molecule has 6 aliphatic carbocycles. The summed E-state index contributed by atoms with van der Waals surface area (Å²) in [6.07, 6.45) is 23.7. The Morgan fingerprint density at radius 1 is 0.870 bits per heavy atom. The highest BCUT2D eigenvalue weighted by Gasteiger charge is 2.69. The third-order valence-electron chi connectivity index (χ3n) is 16.5. The summed E-state index contributed by atoms with van der Waals surface area (Å²) >= 11 is 2.13. The van der Waals surface area contributed by atoms with Crippen LogP contribution in [0.2, 0.25) is 0 Å². The molecule has 260 valence electrons. The van der Waals surface area contributed by atoms with Crippen LogP contribution in [0, 0.1) is 51.2 Å². The van der Waals surface area contributed by atoms with Gasteiger partial charge in [0.2, 0.25) is 0 Å². The van der Waals surface area contributed by atoms with E-state index in [1.54, 1.807) is 11.1 Å². The van der Waals surface area contributed by atoms with Gasteiger partial charge in [0.15, 0.2) is 0 Å². The van der Waals surface area contributed by atoms with E-state index in [0.717, 1.165) is 54.2 Å². The van der Waals surface area contributed by atoms with Gasteiger partial charge in [-0.3, -0.25) is 4.21 Å². The predicted molar refractivity (Wildman–Crippen MR) is 200 cm³/mol. The Balaban J connectivity index is 1.02. The first-order chi connectivity index (χ1) is 21.9. The van der Waals surface area contributed by atoms with Crippen molar-refractivity contribution in [3.63, 3.8) is 0 Å². The van der Waals surface area contributed by atoms with Crippen molar-refractivity contribution in [2.45, 2.75) is 131 Å². The van der Waals surface area contributed by atoms with Gasteiger partial charge in [0, 0.05) is 65.5 Å². The molecule has 0 aromatic rings. The summed E-state index contributed by atoms with van der Waals surface area (Å²) < 4.78 is 11.7. The topological polar surface area (TPSA) is 32.3 Å². The van der Waals surface area contributed by atoms with Crippen LogP contribution in [-0.2, 0) is 10.8 Å². The molecule has 3 nitrogen and oxygen atoms in total. The van der Waals surface area contributed by atoms with Crippen molar-refractivity contribution >= 4 is 22.6 Å². The Labute approximate surface area is 290 Å². The Bertz CT molecular complexity index is 1220. The largest absolute Gasteiger partial charge is 0.310 e. The minimum atomic E-state index is -0.562. The molecule has 7 rings (SSSR count). The van der Waals surface area contributed by atoms with Crippen molar-refractivity contribution in [1.29, 1.82) is 0 Å². The number of fused-ring (bicyclic) bond motifs is 7.